The minimum atomic E-state index is -0.399. The van der Waals surface area contributed by atoms with E-state index in [1.165, 1.54) is 6.07 Å². The summed E-state index contributed by atoms with van der Waals surface area (Å²) in [7, 11) is 1.89. The van der Waals surface area contributed by atoms with Crippen LogP contribution in [0.3, 0.4) is 0 Å². The minimum absolute atomic E-state index is 0.0863. The first-order chi connectivity index (χ1) is 9.51. The molecule has 20 heavy (non-hydrogen) atoms. The Balaban J connectivity index is 2.26. The van der Waals surface area contributed by atoms with Gasteiger partial charge in [-0.05, 0) is 48.9 Å². The maximum Gasteiger partial charge on any atom is 0.141 e. The third-order valence-electron chi connectivity index (χ3n) is 3.11. The normalized spacial score (nSPS) is 12.4. The molecule has 0 radical (unpaired) electrons. The van der Waals surface area contributed by atoms with E-state index in [1.807, 2.05) is 25.2 Å². The Hall–Kier alpha value is -0.610. The Bertz CT molecular complexity index is 619. The van der Waals surface area contributed by atoms with E-state index in [4.69, 9.17) is 23.2 Å². The maximum absolute atomic E-state index is 13.2. The molecule has 0 spiro atoms. The van der Waals surface area contributed by atoms with Gasteiger partial charge in [0.2, 0.25) is 0 Å². The quantitative estimate of drug-likeness (QED) is 0.753. The van der Waals surface area contributed by atoms with E-state index in [2.05, 4.69) is 21.2 Å². The summed E-state index contributed by atoms with van der Waals surface area (Å²) in [6.45, 7) is 0. The van der Waals surface area contributed by atoms with E-state index in [9.17, 15) is 4.39 Å². The predicted octanol–water partition coefficient (Wildman–Crippen LogP) is 5.40. The first kappa shape index (κ1) is 15.8. The van der Waals surface area contributed by atoms with Gasteiger partial charge in [0, 0.05) is 15.5 Å². The molecule has 2 aromatic rings. The maximum atomic E-state index is 13.2. The van der Waals surface area contributed by atoms with Gasteiger partial charge < -0.3 is 5.32 Å². The highest BCUT2D eigenvalue weighted by molar-refractivity contribution is 9.10. The number of nitrogens with one attached hydrogen (secondary N) is 1. The van der Waals surface area contributed by atoms with E-state index in [1.54, 1.807) is 12.1 Å². The van der Waals surface area contributed by atoms with Crippen LogP contribution in [0.2, 0.25) is 10.0 Å². The number of rotatable bonds is 4. The minimum Gasteiger partial charge on any atom is -0.313 e. The van der Waals surface area contributed by atoms with Crippen LogP contribution in [0.5, 0.6) is 0 Å². The standard InChI is InChI=1S/C15H13BrCl2FN/c1-20-15(11-4-3-10(17)8-12(11)16)7-9-2-5-14(19)13(18)6-9/h2-6,8,15,20H,7H2,1H3. The molecule has 0 aliphatic carbocycles. The number of likely N-dealkylation sites (N-methyl/N-ethyl adjacent to an activating group) is 1. The molecule has 0 aromatic heterocycles. The molecule has 0 aliphatic rings. The van der Waals surface area contributed by atoms with Crippen molar-refractivity contribution in [3.63, 3.8) is 0 Å². The molecule has 0 saturated carbocycles. The van der Waals surface area contributed by atoms with Crippen molar-refractivity contribution in [3.05, 3.63) is 67.9 Å². The van der Waals surface area contributed by atoms with Crippen LogP contribution in [0.1, 0.15) is 17.2 Å². The fourth-order valence-electron chi connectivity index (χ4n) is 2.05. The zero-order valence-corrected chi connectivity index (χ0v) is 13.9. The molecule has 0 heterocycles. The lowest BCUT2D eigenvalue weighted by Gasteiger charge is -2.18. The number of hydrogen-bond acceptors (Lipinski definition) is 1. The summed E-state index contributed by atoms with van der Waals surface area (Å²) in [5.74, 6) is -0.399. The largest absolute Gasteiger partial charge is 0.313 e. The summed E-state index contributed by atoms with van der Waals surface area (Å²) in [6, 6.07) is 10.6. The monoisotopic (exact) mass is 375 g/mol. The Morgan fingerprint density at radius 3 is 2.55 bits per heavy atom. The Morgan fingerprint density at radius 2 is 1.95 bits per heavy atom. The molecule has 1 nitrogen and oxygen atoms in total. The van der Waals surface area contributed by atoms with Gasteiger partial charge in [0.15, 0.2) is 0 Å². The summed E-state index contributed by atoms with van der Waals surface area (Å²) in [5.41, 5.74) is 2.06. The summed E-state index contributed by atoms with van der Waals surface area (Å²) < 4.78 is 14.1. The van der Waals surface area contributed by atoms with Gasteiger partial charge >= 0.3 is 0 Å². The fraction of sp³-hybridized carbons (Fsp3) is 0.200. The molecule has 1 atom stereocenters. The molecule has 0 fully saturated rings. The molecule has 2 rings (SSSR count). The SMILES string of the molecule is CNC(Cc1ccc(F)c(Cl)c1)c1ccc(Cl)cc1Br. The van der Waals surface area contributed by atoms with Gasteiger partial charge in [0.1, 0.15) is 5.82 Å². The van der Waals surface area contributed by atoms with Gasteiger partial charge in [0.05, 0.1) is 5.02 Å². The number of hydrogen-bond donors (Lipinski definition) is 1. The topological polar surface area (TPSA) is 12.0 Å². The van der Waals surface area contributed by atoms with E-state index in [-0.39, 0.29) is 11.1 Å². The predicted molar refractivity (Wildman–Crippen MR) is 86.1 cm³/mol. The average Bonchev–Trinajstić information content (AvgIpc) is 2.41. The Labute approximate surface area is 136 Å². The van der Waals surface area contributed by atoms with E-state index >= 15 is 0 Å². The number of halogens is 4. The van der Waals surface area contributed by atoms with Gasteiger partial charge in [-0.25, -0.2) is 4.39 Å². The molecule has 0 amide bonds. The van der Waals surface area contributed by atoms with Crippen LogP contribution in [0, 0.1) is 5.82 Å². The second kappa shape index (κ2) is 6.90. The van der Waals surface area contributed by atoms with Crippen molar-refractivity contribution in [3.8, 4) is 0 Å². The first-order valence-corrected chi connectivity index (χ1v) is 7.62. The lowest BCUT2D eigenvalue weighted by atomic mass is 9.99. The highest BCUT2D eigenvalue weighted by Gasteiger charge is 2.14. The molecule has 106 valence electrons. The van der Waals surface area contributed by atoms with Crippen molar-refractivity contribution in [2.75, 3.05) is 7.05 Å². The summed E-state index contributed by atoms with van der Waals surface area (Å²) in [4.78, 5) is 0. The van der Waals surface area contributed by atoms with E-state index in [0.29, 0.717) is 11.4 Å². The van der Waals surface area contributed by atoms with Crippen LogP contribution in [-0.2, 0) is 6.42 Å². The smallest absolute Gasteiger partial charge is 0.141 e. The Morgan fingerprint density at radius 1 is 1.20 bits per heavy atom. The van der Waals surface area contributed by atoms with Crippen LogP contribution in [0.25, 0.3) is 0 Å². The molecular weight excluding hydrogens is 364 g/mol. The first-order valence-electron chi connectivity index (χ1n) is 6.07. The van der Waals surface area contributed by atoms with Crippen molar-refractivity contribution in [2.45, 2.75) is 12.5 Å². The molecule has 1 unspecified atom stereocenters. The van der Waals surface area contributed by atoms with Gasteiger partial charge in [-0.3, -0.25) is 0 Å². The van der Waals surface area contributed by atoms with Crippen LogP contribution in [-0.4, -0.2) is 7.05 Å². The van der Waals surface area contributed by atoms with Crippen LogP contribution in [0.4, 0.5) is 4.39 Å². The molecule has 1 N–H and O–H groups in total. The van der Waals surface area contributed by atoms with Crippen LogP contribution < -0.4 is 5.32 Å². The third kappa shape index (κ3) is 3.73. The molecule has 0 aliphatic heterocycles. The fourth-order valence-corrected chi connectivity index (χ4v) is 3.22. The Kier molecular flexibility index (Phi) is 5.44. The molecule has 5 heteroatoms. The van der Waals surface area contributed by atoms with Crippen LogP contribution >= 0.6 is 39.1 Å². The zero-order chi connectivity index (χ0) is 14.7. The van der Waals surface area contributed by atoms with Gasteiger partial charge in [0.25, 0.3) is 0 Å². The molecule has 0 bridgehead atoms. The van der Waals surface area contributed by atoms with Crippen LogP contribution in [0.15, 0.2) is 40.9 Å². The van der Waals surface area contributed by atoms with Gasteiger partial charge in [-0.1, -0.05) is 51.3 Å². The van der Waals surface area contributed by atoms with Crippen molar-refractivity contribution < 1.29 is 4.39 Å². The second-order valence-corrected chi connectivity index (χ2v) is 6.16. The summed E-state index contributed by atoms with van der Waals surface area (Å²) >= 11 is 15.3. The highest BCUT2D eigenvalue weighted by Crippen LogP contribution is 2.29. The number of benzene rings is 2. The van der Waals surface area contributed by atoms with E-state index < -0.39 is 5.82 Å². The molecule has 0 saturated heterocycles. The summed E-state index contributed by atoms with van der Waals surface area (Å²) in [6.07, 6.45) is 0.705. The third-order valence-corrected chi connectivity index (χ3v) is 4.32. The highest BCUT2D eigenvalue weighted by atomic mass is 79.9. The second-order valence-electron chi connectivity index (χ2n) is 4.46. The van der Waals surface area contributed by atoms with Gasteiger partial charge in [-0.15, -0.1) is 0 Å². The van der Waals surface area contributed by atoms with Crippen molar-refractivity contribution in [1.82, 2.24) is 5.32 Å². The lowest BCUT2D eigenvalue weighted by Crippen LogP contribution is -2.19. The van der Waals surface area contributed by atoms with Crippen molar-refractivity contribution >= 4 is 39.1 Å². The zero-order valence-electron chi connectivity index (χ0n) is 10.8. The average molecular weight is 377 g/mol. The summed E-state index contributed by atoms with van der Waals surface area (Å²) in [5, 5.41) is 4.08. The van der Waals surface area contributed by atoms with E-state index in [0.717, 1.165) is 15.6 Å². The lowest BCUT2D eigenvalue weighted by molar-refractivity contribution is 0.587. The van der Waals surface area contributed by atoms with Crippen molar-refractivity contribution in [1.29, 1.82) is 0 Å². The van der Waals surface area contributed by atoms with Crippen molar-refractivity contribution in [2.24, 2.45) is 0 Å². The van der Waals surface area contributed by atoms with Gasteiger partial charge in [-0.2, -0.15) is 0 Å². The molecular formula is C15H13BrCl2FN. The molecule has 2 aromatic carbocycles.